The number of nitrogens with zero attached hydrogens (tertiary/aromatic N) is 3. The molecule has 6 nitrogen and oxygen atoms in total. The van der Waals surface area contributed by atoms with Crippen molar-refractivity contribution in [2.45, 2.75) is 26.4 Å². The van der Waals surface area contributed by atoms with Gasteiger partial charge in [0.05, 0.1) is 18.0 Å². The van der Waals surface area contributed by atoms with Gasteiger partial charge in [-0.15, -0.1) is 0 Å². The van der Waals surface area contributed by atoms with Gasteiger partial charge in [0.25, 0.3) is 0 Å². The molecule has 4 N–H and O–H groups in total. The Morgan fingerprint density at radius 1 is 1.50 bits per heavy atom. The zero-order valence-electron chi connectivity index (χ0n) is 9.94. The Hall–Kier alpha value is -1.40. The second kappa shape index (κ2) is 5.09. The molecule has 16 heavy (non-hydrogen) atoms. The van der Waals surface area contributed by atoms with Crippen LogP contribution in [0.4, 0.5) is 11.6 Å². The molecule has 0 radical (unpaired) electrons. The third-order valence-electron chi connectivity index (χ3n) is 2.05. The Labute approximate surface area is 95.5 Å². The van der Waals surface area contributed by atoms with Crippen molar-refractivity contribution in [2.24, 2.45) is 5.84 Å². The number of aromatic nitrogens is 2. The molecular weight excluding hydrogens is 206 g/mol. The number of anilines is 2. The van der Waals surface area contributed by atoms with Crippen LogP contribution in [0, 0.1) is 0 Å². The molecule has 90 valence electrons. The van der Waals surface area contributed by atoms with Crippen LogP contribution in [0.2, 0.25) is 0 Å². The number of hydrogen-bond donors (Lipinski definition) is 3. The average Bonchev–Trinajstić information content (AvgIpc) is 2.25. The van der Waals surface area contributed by atoms with E-state index in [0.717, 1.165) is 6.54 Å². The summed E-state index contributed by atoms with van der Waals surface area (Å²) in [7, 11) is 0. The minimum Gasteiger partial charge on any atom is -0.389 e. The topological polar surface area (TPSA) is 87.3 Å². The van der Waals surface area contributed by atoms with Gasteiger partial charge in [-0.1, -0.05) is 0 Å². The Kier molecular flexibility index (Phi) is 4.03. The van der Waals surface area contributed by atoms with Gasteiger partial charge in [-0.2, -0.15) is 0 Å². The van der Waals surface area contributed by atoms with E-state index in [2.05, 4.69) is 15.4 Å². The van der Waals surface area contributed by atoms with Crippen molar-refractivity contribution in [1.29, 1.82) is 0 Å². The van der Waals surface area contributed by atoms with E-state index in [1.807, 2.05) is 11.8 Å². The lowest BCUT2D eigenvalue weighted by atomic mass is 10.1. The van der Waals surface area contributed by atoms with Crippen molar-refractivity contribution >= 4 is 11.6 Å². The lowest BCUT2D eigenvalue weighted by Gasteiger charge is -2.28. The number of rotatable bonds is 5. The minimum absolute atomic E-state index is 0.492. The highest BCUT2D eigenvalue weighted by atomic mass is 16.3. The highest BCUT2D eigenvalue weighted by molar-refractivity contribution is 5.43. The molecule has 0 fully saturated rings. The van der Waals surface area contributed by atoms with Gasteiger partial charge in [-0.25, -0.2) is 10.8 Å². The summed E-state index contributed by atoms with van der Waals surface area (Å²) in [4.78, 5) is 10.2. The average molecular weight is 225 g/mol. The first-order chi connectivity index (χ1) is 7.46. The summed E-state index contributed by atoms with van der Waals surface area (Å²) in [6.07, 6.45) is 3.19. The predicted octanol–water partition coefficient (Wildman–Crippen LogP) is 0.359. The highest BCUT2D eigenvalue weighted by Gasteiger charge is 2.18. The van der Waals surface area contributed by atoms with Gasteiger partial charge >= 0.3 is 0 Å². The minimum atomic E-state index is -0.774. The first-order valence-electron chi connectivity index (χ1n) is 5.22. The van der Waals surface area contributed by atoms with Crippen LogP contribution >= 0.6 is 0 Å². The normalized spacial score (nSPS) is 11.3. The molecule has 0 aliphatic rings. The Bertz CT molecular complexity index is 336. The van der Waals surface area contributed by atoms with E-state index < -0.39 is 5.60 Å². The lowest BCUT2D eigenvalue weighted by molar-refractivity contribution is 0.0874. The van der Waals surface area contributed by atoms with E-state index in [1.54, 1.807) is 26.2 Å². The van der Waals surface area contributed by atoms with Crippen LogP contribution in [0.25, 0.3) is 0 Å². The van der Waals surface area contributed by atoms with E-state index in [1.165, 1.54) is 0 Å². The summed E-state index contributed by atoms with van der Waals surface area (Å²) < 4.78 is 0. The van der Waals surface area contributed by atoms with Gasteiger partial charge in [0.15, 0.2) is 5.82 Å². The van der Waals surface area contributed by atoms with Crippen LogP contribution in [-0.2, 0) is 0 Å². The molecule has 0 unspecified atom stereocenters. The third kappa shape index (κ3) is 3.63. The highest BCUT2D eigenvalue weighted by Crippen LogP contribution is 2.14. The Morgan fingerprint density at radius 3 is 2.69 bits per heavy atom. The second-order valence-electron chi connectivity index (χ2n) is 4.23. The van der Waals surface area contributed by atoms with Gasteiger partial charge in [-0.3, -0.25) is 4.98 Å². The molecule has 0 aliphatic carbocycles. The first kappa shape index (κ1) is 12.7. The van der Waals surface area contributed by atoms with Crippen molar-refractivity contribution in [3.63, 3.8) is 0 Å². The van der Waals surface area contributed by atoms with E-state index in [0.29, 0.717) is 18.2 Å². The maximum Gasteiger partial charge on any atom is 0.160 e. The zero-order chi connectivity index (χ0) is 12.2. The van der Waals surface area contributed by atoms with Crippen LogP contribution in [0.5, 0.6) is 0 Å². The summed E-state index contributed by atoms with van der Waals surface area (Å²) in [5, 5.41) is 9.78. The quantitative estimate of drug-likeness (QED) is 0.495. The van der Waals surface area contributed by atoms with Crippen molar-refractivity contribution in [3.05, 3.63) is 12.4 Å². The van der Waals surface area contributed by atoms with Crippen LogP contribution in [0.1, 0.15) is 20.8 Å². The largest absolute Gasteiger partial charge is 0.389 e. The Balaban J connectivity index is 2.86. The smallest absolute Gasteiger partial charge is 0.160 e. The van der Waals surface area contributed by atoms with Crippen molar-refractivity contribution in [2.75, 3.05) is 23.4 Å². The number of aliphatic hydroxyl groups is 1. The number of nitrogens with one attached hydrogen (secondary N) is 1. The van der Waals surface area contributed by atoms with Crippen molar-refractivity contribution < 1.29 is 5.11 Å². The van der Waals surface area contributed by atoms with Gasteiger partial charge < -0.3 is 15.4 Å². The molecule has 6 heteroatoms. The maximum atomic E-state index is 9.78. The zero-order valence-corrected chi connectivity index (χ0v) is 9.94. The molecule has 0 saturated carbocycles. The molecule has 1 heterocycles. The summed E-state index contributed by atoms with van der Waals surface area (Å²) in [5.41, 5.74) is 1.67. The van der Waals surface area contributed by atoms with Crippen molar-refractivity contribution in [3.8, 4) is 0 Å². The van der Waals surface area contributed by atoms with Crippen LogP contribution in [-0.4, -0.2) is 33.8 Å². The molecule has 0 spiro atoms. The molecule has 1 aromatic rings. The molecule has 0 saturated heterocycles. The van der Waals surface area contributed by atoms with Crippen LogP contribution < -0.4 is 16.2 Å². The molecule has 1 rings (SSSR count). The van der Waals surface area contributed by atoms with E-state index in [9.17, 15) is 5.11 Å². The van der Waals surface area contributed by atoms with Gasteiger partial charge in [0, 0.05) is 13.1 Å². The fourth-order valence-corrected chi connectivity index (χ4v) is 1.40. The number of likely N-dealkylation sites (N-methyl/N-ethyl adjacent to an activating group) is 1. The second-order valence-corrected chi connectivity index (χ2v) is 4.23. The number of hydrazine groups is 1. The molecule has 0 aliphatic heterocycles. The fourth-order valence-electron chi connectivity index (χ4n) is 1.40. The molecular formula is C10H19N5O. The molecule has 0 bridgehead atoms. The van der Waals surface area contributed by atoms with Crippen LogP contribution in [0.15, 0.2) is 12.4 Å². The van der Waals surface area contributed by atoms with Gasteiger partial charge in [-0.05, 0) is 20.8 Å². The molecule has 0 amide bonds. The molecule has 0 aromatic carbocycles. The maximum absolute atomic E-state index is 9.78. The third-order valence-corrected chi connectivity index (χ3v) is 2.05. The number of nitrogen functional groups attached to an aromatic ring is 1. The summed E-state index contributed by atoms with van der Waals surface area (Å²) >= 11 is 0. The first-order valence-corrected chi connectivity index (χ1v) is 5.22. The van der Waals surface area contributed by atoms with Gasteiger partial charge in [0.1, 0.15) is 5.82 Å². The summed E-state index contributed by atoms with van der Waals surface area (Å²) in [6.45, 7) is 6.75. The monoisotopic (exact) mass is 225 g/mol. The Morgan fingerprint density at radius 2 is 2.19 bits per heavy atom. The van der Waals surface area contributed by atoms with Crippen LogP contribution in [0.3, 0.4) is 0 Å². The molecule has 0 atom stereocenters. The van der Waals surface area contributed by atoms with Gasteiger partial charge in [0.2, 0.25) is 0 Å². The fraction of sp³-hybridized carbons (Fsp3) is 0.600. The predicted molar refractivity (Wildman–Crippen MR) is 64.0 cm³/mol. The van der Waals surface area contributed by atoms with E-state index in [-0.39, 0.29) is 0 Å². The van der Waals surface area contributed by atoms with E-state index >= 15 is 0 Å². The number of nitrogens with two attached hydrogens (primary N) is 1. The lowest BCUT2D eigenvalue weighted by Crippen LogP contribution is -2.39. The number of hydrogen-bond acceptors (Lipinski definition) is 6. The SMILES string of the molecule is CCN(CC(C)(C)O)c1cncc(NN)n1. The standard InChI is InChI=1S/C10H19N5O/c1-4-15(7-10(2,3)16)9-6-12-5-8(13-9)14-11/h5-6,16H,4,7,11H2,1-3H3,(H,13,14). The summed E-state index contributed by atoms with van der Waals surface area (Å²) in [6, 6.07) is 0. The van der Waals surface area contributed by atoms with Crippen molar-refractivity contribution in [1.82, 2.24) is 9.97 Å². The summed E-state index contributed by atoms with van der Waals surface area (Å²) in [5.74, 6) is 6.47. The van der Waals surface area contributed by atoms with E-state index in [4.69, 9.17) is 5.84 Å². The molecule has 1 aromatic heterocycles.